The lowest BCUT2D eigenvalue weighted by molar-refractivity contribution is 0.587. The van der Waals surface area contributed by atoms with Gasteiger partial charge in [0.05, 0.1) is 5.75 Å². The molecule has 7 heteroatoms. The van der Waals surface area contributed by atoms with Crippen molar-refractivity contribution >= 4 is 33.3 Å². The van der Waals surface area contributed by atoms with Gasteiger partial charge in [0, 0.05) is 17.1 Å². The van der Waals surface area contributed by atoms with Gasteiger partial charge in [0.1, 0.15) is 0 Å². The first-order valence-corrected chi connectivity index (χ1v) is 8.35. The number of aromatic nitrogens is 1. The molecule has 0 fully saturated rings. The first-order chi connectivity index (χ1) is 9.55. The average Bonchev–Trinajstić information content (AvgIpc) is 2.85. The van der Waals surface area contributed by atoms with Crippen molar-refractivity contribution in [1.29, 1.82) is 0 Å². The van der Waals surface area contributed by atoms with Crippen LogP contribution >= 0.6 is 12.4 Å². The molecule has 2 aromatic rings. The Morgan fingerprint density at radius 1 is 1.19 bits per heavy atom. The molecule has 21 heavy (non-hydrogen) atoms. The molecule has 1 aromatic carbocycles. The number of H-pyrrole nitrogens is 1. The number of nitrogens with one attached hydrogen (secondary N) is 3. The highest BCUT2D eigenvalue weighted by Gasteiger charge is 2.09. The monoisotopic (exact) mass is 331 g/mol. The predicted molar refractivity (Wildman–Crippen MR) is 89.7 cm³/mol. The second-order valence-electron chi connectivity index (χ2n) is 4.82. The highest BCUT2D eigenvalue weighted by atomic mass is 35.5. The van der Waals surface area contributed by atoms with E-state index in [4.69, 9.17) is 0 Å². The molecule has 5 nitrogen and oxygen atoms in total. The SMILES string of the molecule is CNCCc1c[nH]c2ccc(CCS(=O)(=O)NC)cc12.Cl. The van der Waals surface area contributed by atoms with Gasteiger partial charge in [-0.3, -0.25) is 0 Å². The Balaban J connectivity index is 0.00000220. The molecule has 0 aliphatic rings. The molecule has 0 amide bonds. The van der Waals surface area contributed by atoms with Crippen molar-refractivity contribution in [3.63, 3.8) is 0 Å². The molecule has 0 aliphatic carbocycles. The standard InChI is InChI=1S/C14H21N3O2S.ClH/c1-15-7-5-12-10-17-14-4-3-11(9-13(12)14)6-8-20(18,19)16-2;/h3-4,9-10,15-17H,5-8H2,1-2H3;1H. The van der Waals surface area contributed by atoms with Crippen molar-refractivity contribution in [1.82, 2.24) is 15.0 Å². The fourth-order valence-corrected chi connectivity index (χ4v) is 2.91. The van der Waals surface area contributed by atoms with Crippen molar-refractivity contribution in [3.05, 3.63) is 35.5 Å². The van der Waals surface area contributed by atoms with E-state index in [1.807, 2.05) is 25.4 Å². The fourth-order valence-electron chi connectivity index (χ4n) is 2.20. The third-order valence-corrected chi connectivity index (χ3v) is 4.81. The number of fused-ring (bicyclic) bond motifs is 1. The largest absolute Gasteiger partial charge is 0.361 e. The Hall–Kier alpha value is -1.08. The van der Waals surface area contributed by atoms with Gasteiger partial charge in [0.25, 0.3) is 0 Å². The van der Waals surface area contributed by atoms with E-state index in [1.165, 1.54) is 18.0 Å². The van der Waals surface area contributed by atoms with Crippen LogP contribution in [0.1, 0.15) is 11.1 Å². The quantitative estimate of drug-likeness (QED) is 0.719. The second-order valence-corrected chi connectivity index (χ2v) is 6.87. The normalized spacial score (nSPS) is 11.5. The number of aromatic amines is 1. The summed E-state index contributed by atoms with van der Waals surface area (Å²) in [6.07, 6.45) is 3.50. The van der Waals surface area contributed by atoms with Gasteiger partial charge in [-0.05, 0) is 56.7 Å². The van der Waals surface area contributed by atoms with Crippen LogP contribution in [-0.2, 0) is 22.9 Å². The molecule has 3 N–H and O–H groups in total. The van der Waals surface area contributed by atoms with Gasteiger partial charge in [-0.25, -0.2) is 13.1 Å². The van der Waals surface area contributed by atoms with E-state index < -0.39 is 10.0 Å². The smallest absolute Gasteiger partial charge is 0.211 e. The molecule has 0 unspecified atom stereocenters. The molecule has 0 saturated heterocycles. The summed E-state index contributed by atoms with van der Waals surface area (Å²) in [5.74, 6) is 0.116. The third-order valence-electron chi connectivity index (χ3n) is 3.45. The van der Waals surface area contributed by atoms with Crippen LogP contribution in [0, 0.1) is 0 Å². The lowest BCUT2D eigenvalue weighted by Gasteiger charge is -2.04. The van der Waals surface area contributed by atoms with Gasteiger partial charge in [0.15, 0.2) is 0 Å². The zero-order valence-corrected chi connectivity index (χ0v) is 13.9. The van der Waals surface area contributed by atoms with Crippen LogP contribution in [0.4, 0.5) is 0 Å². The molecule has 1 aromatic heterocycles. The van der Waals surface area contributed by atoms with Crippen molar-refractivity contribution in [2.24, 2.45) is 0 Å². The Kier molecular flexibility index (Phi) is 6.67. The van der Waals surface area contributed by atoms with Gasteiger partial charge in [0.2, 0.25) is 10.0 Å². The Bertz CT molecular complexity index is 683. The minimum atomic E-state index is -3.15. The van der Waals surface area contributed by atoms with Crippen LogP contribution in [0.2, 0.25) is 0 Å². The zero-order chi connectivity index (χ0) is 14.6. The molecule has 0 spiro atoms. The number of likely N-dealkylation sites (N-methyl/N-ethyl adjacent to an activating group) is 1. The fraction of sp³-hybridized carbons (Fsp3) is 0.429. The maximum Gasteiger partial charge on any atom is 0.211 e. The van der Waals surface area contributed by atoms with Crippen LogP contribution in [0.3, 0.4) is 0 Å². The molecule has 0 saturated carbocycles. The van der Waals surface area contributed by atoms with E-state index in [2.05, 4.69) is 21.1 Å². The average molecular weight is 332 g/mol. The molecule has 0 radical (unpaired) electrons. The summed E-state index contributed by atoms with van der Waals surface area (Å²) in [5.41, 5.74) is 3.39. The number of rotatable bonds is 7. The van der Waals surface area contributed by atoms with Crippen molar-refractivity contribution in [2.75, 3.05) is 26.4 Å². The van der Waals surface area contributed by atoms with Crippen LogP contribution in [0.5, 0.6) is 0 Å². The summed E-state index contributed by atoms with van der Waals surface area (Å²) in [6.45, 7) is 0.922. The molecule has 0 bridgehead atoms. The maximum atomic E-state index is 11.5. The summed E-state index contributed by atoms with van der Waals surface area (Å²) < 4.78 is 25.3. The number of aryl methyl sites for hydroxylation is 1. The number of sulfonamides is 1. The minimum Gasteiger partial charge on any atom is -0.361 e. The van der Waals surface area contributed by atoms with Crippen LogP contribution in [-0.4, -0.2) is 39.8 Å². The summed E-state index contributed by atoms with van der Waals surface area (Å²) in [6, 6.07) is 6.08. The topological polar surface area (TPSA) is 74.0 Å². The zero-order valence-electron chi connectivity index (χ0n) is 12.3. The van der Waals surface area contributed by atoms with Gasteiger partial charge in [-0.2, -0.15) is 0 Å². The Labute approximate surface area is 132 Å². The van der Waals surface area contributed by atoms with Crippen LogP contribution in [0.15, 0.2) is 24.4 Å². The molecule has 2 rings (SSSR count). The van der Waals surface area contributed by atoms with E-state index in [-0.39, 0.29) is 18.2 Å². The highest BCUT2D eigenvalue weighted by Crippen LogP contribution is 2.20. The van der Waals surface area contributed by atoms with Gasteiger partial charge >= 0.3 is 0 Å². The number of halogens is 1. The number of hydrogen-bond donors (Lipinski definition) is 3. The maximum absolute atomic E-state index is 11.5. The molecule has 118 valence electrons. The van der Waals surface area contributed by atoms with Crippen molar-refractivity contribution in [2.45, 2.75) is 12.8 Å². The molecular weight excluding hydrogens is 310 g/mol. The Morgan fingerprint density at radius 2 is 1.95 bits per heavy atom. The van der Waals surface area contributed by atoms with Crippen LogP contribution < -0.4 is 10.0 Å². The second kappa shape index (κ2) is 7.79. The highest BCUT2D eigenvalue weighted by molar-refractivity contribution is 7.89. The first kappa shape index (κ1) is 18.0. The Morgan fingerprint density at radius 3 is 2.62 bits per heavy atom. The van der Waals surface area contributed by atoms with E-state index in [1.54, 1.807) is 0 Å². The predicted octanol–water partition coefficient (Wildman–Crippen LogP) is 1.44. The minimum absolute atomic E-state index is 0. The summed E-state index contributed by atoms with van der Waals surface area (Å²) >= 11 is 0. The first-order valence-electron chi connectivity index (χ1n) is 6.70. The lowest BCUT2D eigenvalue weighted by Crippen LogP contribution is -2.23. The van der Waals surface area contributed by atoms with Crippen LogP contribution in [0.25, 0.3) is 10.9 Å². The van der Waals surface area contributed by atoms with Gasteiger partial charge in [-0.15, -0.1) is 12.4 Å². The number of hydrogen-bond acceptors (Lipinski definition) is 3. The summed E-state index contributed by atoms with van der Waals surface area (Å²) in [5, 5.41) is 4.32. The van der Waals surface area contributed by atoms with Crippen molar-refractivity contribution < 1.29 is 8.42 Å². The van der Waals surface area contributed by atoms with Gasteiger partial charge < -0.3 is 10.3 Å². The number of benzene rings is 1. The lowest BCUT2D eigenvalue weighted by atomic mass is 10.1. The molecule has 1 heterocycles. The van der Waals surface area contributed by atoms with Gasteiger partial charge in [-0.1, -0.05) is 6.07 Å². The molecule has 0 aliphatic heterocycles. The van der Waals surface area contributed by atoms with E-state index >= 15 is 0 Å². The van der Waals surface area contributed by atoms with E-state index in [0.717, 1.165) is 24.0 Å². The van der Waals surface area contributed by atoms with E-state index in [0.29, 0.717) is 6.42 Å². The third kappa shape index (κ3) is 4.71. The van der Waals surface area contributed by atoms with E-state index in [9.17, 15) is 8.42 Å². The summed E-state index contributed by atoms with van der Waals surface area (Å²) in [7, 11) is 0.229. The summed E-state index contributed by atoms with van der Waals surface area (Å²) in [4.78, 5) is 3.25. The molecular formula is C14H22ClN3O2S. The molecule has 0 atom stereocenters. The van der Waals surface area contributed by atoms with Crippen molar-refractivity contribution in [3.8, 4) is 0 Å².